The minimum atomic E-state index is -0.267. The van der Waals surface area contributed by atoms with Gasteiger partial charge >= 0.3 is 0 Å². The van der Waals surface area contributed by atoms with Crippen molar-refractivity contribution < 1.29 is 9.18 Å². The fourth-order valence-corrected chi connectivity index (χ4v) is 1.88. The monoisotopic (exact) mass is 257 g/mol. The van der Waals surface area contributed by atoms with Gasteiger partial charge in [0.1, 0.15) is 5.82 Å². The van der Waals surface area contributed by atoms with Crippen molar-refractivity contribution in [3.63, 3.8) is 0 Å². The molecule has 0 spiro atoms. The largest absolute Gasteiger partial charge is 0.326 e. The first-order chi connectivity index (χ1) is 9.15. The van der Waals surface area contributed by atoms with Crippen LogP contribution >= 0.6 is 0 Å². The van der Waals surface area contributed by atoms with Crippen LogP contribution in [0.1, 0.15) is 17.5 Å². The molecule has 0 bridgehead atoms. The van der Waals surface area contributed by atoms with Crippen LogP contribution in [0.4, 0.5) is 10.1 Å². The molecule has 0 aliphatic rings. The van der Waals surface area contributed by atoms with Crippen LogP contribution in [0.3, 0.4) is 0 Å². The smallest absolute Gasteiger partial charge is 0.224 e. The van der Waals surface area contributed by atoms with Gasteiger partial charge in [0.2, 0.25) is 5.91 Å². The molecular weight excluding hydrogens is 241 g/mol. The third-order valence-corrected chi connectivity index (χ3v) is 2.95. The highest BCUT2D eigenvalue weighted by Crippen LogP contribution is 2.14. The number of carbonyl (C=O) groups excluding carboxylic acids is 1. The van der Waals surface area contributed by atoms with E-state index in [1.807, 2.05) is 37.3 Å². The number of rotatable bonds is 4. The van der Waals surface area contributed by atoms with Gasteiger partial charge in [-0.1, -0.05) is 30.3 Å². The maximum Gasteiger partial charge on any atom is 0.224 e. The molecular formula is C16H16FNO. The first kappa shape index (κ1) is 13.3. The Kier molecular flexibility index (Phi) is 4.29. The van der Waals surface area contributed by atoms with Gasteiger partial charge in [-0.2, -0.15) is 0 Å². The van der Waals surface area contributed by atoms with E-state index in [-0.39, 0.29) is 11.7 Å². The number of hydrogen-bond donors (Lipinski definition) is 1. The van der Waals surface area contributed by atoms with Gasteiger partial charge in [0.15, 0.2) is 0 Å². The van der Waals surface area contributed by atoms with Crippen LogP contribution in [0.15, 0.2) is 48.5 Å². The van der Waals surface area contributed by atoms with Crippen LogP contribution in [0.5, 0.6) is 0 Å². The van der Waals surface area contributed by atoms with Gasteiger partial charge in [-0.25, -0.2) is 4.39 Å². The van der Waals surface area contributed by atoms with Crippen LogP contribution < -0.4 is 5.32 Å². The minimum Gasteiger partial charge on any atom is -0.326 e. The molecule has 19 heavy (non-hydrogen) atoms. The van der Waals surface area contributed by atoms with E-state index in [4.69, 9.17) is 0 Å². The highest BCUT2D eigenvalue weighted by molar-refractivity contribution is 5.91. The van der Waals surface area contributed by atoms with Crippen molar-refractivity contribution in [1.29, 1.82) is 0 Å². The van der Waals surface area contributed by atoms with Gasteiger partial charge in [0.05, 0.1) is 0 Å². The van der Waals surface area contributed by atoms with Gasteiger partial charge in [-0.15, -0.1) is 0 Å². The Morgan fingerprint density at radius 3 is 2.68 bits per heavy atom. The molecule has 0 heterocycles. The number of aryl methyl sites for hydroxylation is 2. The molecule has 2 nitrogen and oxygen atoms in total. The Bertz CT molecular complexity index is 580. The minimum absolute atomic E-state index is 0.0569. The molecule has 0 saturated heterocycles. The Morgan fingerprint density at radius 1 is 1.16 bits per heavy atom. The van der Waals surface area contributed by atoms with Crippen LogP contribution in [0.25, 0.3) is 0 Å². The SMILES string of the molecule is Cc1ccccc1NC(=O)CCc1cccc(F)c1. The van der Waals surface area contributed by atoms with E-state index in [0.29, 0.717) is 12.8 Å². The van der Waals surface area contributed by atoms with Crippen molar-refractivity contribution in [2.45, 2.75) is 19.8 Å². The summed E-state index contributed by atoms with van der Waals surface area (Å²) < 4.78 is 13.0. The van der Waals surface area contributed by atoms with Crippen molar-refractivity contribution in [1.82, 2.24) is 0 Å². The summed E-state index contributed by atoms with van der Waals surface area (Å²) in [5.41, 5.74) is 2.69. The molecule has 0 saturated carbocycles. The maximum absolute atomic E-state index is 13.0. The Hall–Kier alpha value is -2.16. The molecule has 0 aromatic heterocycles. The molecule has 2 aromatic rings. The molecule has 2 rings (SSSR count). The quantitative estimate of drug-likeness (QED) is 0.889. The lowest BCUT2D eigenvalue weighted by molar-refractivity contribution is -0.116. The van der Waals surface area contributed by atoms with Gasteiger partial charge in [-0.05, 0) is 42.7 Å². The van der Waals surface area contributed by atoms with Gasteiger partial charge in [0.25, 0.3) is 0 Å². The van der Waals surface area contributed by atoms with Gasteiger partial charge in [-0.3, -0.25) is 4.79 Å². The lowest BCUT2D eigenvalue weighted by Crippen LogP contribution is -2.13. The molecule has 2 aromatic carbocycles. The lowest BCUT2D eigenvalue weighted by Gasteiger charge is -2.08. The number of benzene rings is 2. The van der Waals surface area contributed by atoms with E-state index >= 15 is 0 Å². The fourth-order valence-electron chi connectivity index (χ4n) is 1.88. The third-order valence-electron chi connectivity index (χ3n) is 2.95. The molecule has 0 aliphatic heterocycles. The van der Waals surface area contributed by atoms with Crippen molar-refractivity contribution in [2.75, 3.05) is 5.32 Å². The number of para-hydroxylation sites is 1. The lowest BCUT2D eigenvalue weighted by atomic mass is 10.1. The number of carbonyl (C=O) groups is 1. The summed E-state index contributed by atoms with van der Waals surface area (Å²) in [5.74, 6) is -0.324. The third kappa shape index (κ3) is 3.91. The maximum atomic E-state index is 13.0. The number of nitrogens with one attached hydrogen (secondary N) is 1. The number of anilines is 1. The zero-order chi connectivity index (χ0) is 13.7. The predicted molar refractivity (Wildman–Crippen MR) is 74.5 cm³/mol. The average molecular weight is 257 g/mol. The highest BCUT2D eigenvalue weighted by Gasteiger charge is 2.05. The molecule has 3 heteroatoms. The van der Waals surface area contributed by atoms with Gasteiger partial charge in [0, 0.05) is 12.1 Å². The number of hydrogen-bond acceptors (Lipinski definition) is 1. The topological polar surface area (TPSA) is 29.1 Å². The van der Waals surface area contributed by atoms with Crippen LogP contribution in [-0.4, -0.2) is 5.91 Å². The molecule has 1 N–H and O–H groups in total. The number of amides is 1. The van der Waals surface area contributed by atoms with Crippen LogP contribution in [-0.2, 0) is 11.2 Å². The molecule has 0 aliphatic carbocycles. The summed E-state index contributed by atoms with van der Waals surface area (Å²) >= 11 is 0. The summed E-state index contributed by atoms with van der Waals surface area (Å²) in [7, 11) is 0. The van der Waals surface area contributed by atoms with E-state index in [1.165, 1.54) is 12.1 Å². The molecule has 0 fully saturated rings. The standard InChI is InChI=1S/C16H16FNO/c1-12-5-2-3-8-15(12)18-16(19)10-9-13-6-4-7-14(17)11-13/h2-8,11H,9-10H2,1H3,(H,18,19). The summed E-state index contributed by atoms with van der Waals surface area (Å²) in [5, 5.41) is 2.86. The Balaban J connectivity index is 1.90. The summed E-state index contributed by atoms with van der Waals surface area (Å²) in [4.78, 5) is 11.8. The van der Waals surface area contributed by atoms with Crippen molar-refractivity contribution >= 4 is 11.6 Å². The van der Waals surface area contributed by atoms with Gasteiger partial charge < -0.3 is 5.32 Å². The summed E-state index contributed by atoms with van der Waals surface area (Å²) in [6.07, 6.45) is 0.882. The first-order valence-corrected chi connectivity index (χ1v) is 6.25. The van der Waals surface area contributed by atoms with Crippen molar-refractivity contribution in [3.8, 4) is 0 Å². The van der Waals surface area contributed by atoms with E-state index < -0.39 is 0 Å². The normalized spacial score (nSPS) is 10.2. The van der Waals surface area contributed by atoms with Crippen LogP contribution in [0, 0.1) is 12.7 Å². The van der Waals surface area contributed by atoms with Crippen molar-refractivity contribution in [3.05, 3.63) is 65.5 Å². The fraction of sp³-hybridized carbons (Fsp3) is 0.188. The second kappa shape index (κ2) is 6.14. The average Bonchev–Trinajstić information content (AvgIpc) is 2.39. The molecule has 1 amide bonds. The molecule has 0 radical (unpaired) electrons. The number of halogens is 1. The summed E-state index contributed by atoms with van der Waals surface area (Å²) in [6.45, 7) is 1.95. The zero-order valence-corrected chi connectivity index (χ0v) is 10.8. The van der Waals surface area contributed by atoms with E-state index in [9.17, 15) is 9.18 Å². The predicted octanol–water partition coefficient (Wildman–Crippen LogP) is 3.71. The molecule has 0 atom stereocenters. The van der Waals surface area contributed by atoms with E-state index in [2.05, 4.69) is 5.32 Å². The van der Waals surface area contributed by atoms with Crippen molar-refractivity contribution in [2.24, 2.45) is 0 Å². The zero-order valence-electron chi connectivity index (χ0n) is 10.8. The second-order valence-electron chi connectivity index (χ2n) is 4.49. The summed E-state index contributed by atoms with van der Waals surface area (Å²) in [6, 6.07) is 14.0. The first-order valence-electron chi connectivity index (χ1n) is 6.25. The Morgan fingerprint density at radius 2 is 1.95 bits per heavy atom. The van der Waals surface area contributed by atoms with E-state index in [1.54, 1.807) is 6.07 Å². The van der Waals surface area contributed by atoms with E-state index in [0.717, 1.165) is 16.8 Å². The Labute approximate surface area is 112 Å². The second-order valence-corrected chi connectivity index (χ2v) is 4.49. The highest BCUT2D eigenvalue weighted by atomic mass is 19.1. The molecule has 0 unspecified atom stereocenters. The van der Waals surface area contributed by atoms with Crippen LogP contribution in [0.2, 0.25) is 0 Å². The molecule has 98 valence electrons.